The van der Waals surface area contributed by atoms with Crippen molar-refractivity contribution in [1.82, 2.24) is 5.32 Å². The lowest BCUT2D eigenvalue weighted by Gasteiger charge is -2.30. The zero-order chi connectivity index (χ0) is 10.8. The quantitative estimate of drug-likeness (QED) is 0.731. The molecule has 2 rings (SSSR count). The fourth-order valence-corrected chi connectivity index (χ4v) is 2.24. The van der Waals surface area contributed by atoms with Crippen molar-refractivity contribution in [1.29, 1.82) is 0 Å². The monoisotopic (exact) mass is 204 g/mol. The fourth-order valence-electron chi connectivity index (χ4n) is 2.24. The highest BCUT2D eigenvalue weighted by molar-refractivity contribution is 5.33. The largest absolute Gasteiger partial charge is 0.327 e. The topological polar surface area (TPSA) is 38.0 Å². The van der Waals surface area contributed by atoms with Crippen LogP contribution in [-0.2, 0) is 0 Å². The number of hydrogen-bond acceptors (Lipinski definition) is 2. The molecule has 15 heavy (non-hydrogen) atoms. The smallest absolute Gasteiger partial charge is 0.0132 e. The van der Waals surface area contributed by atoms with Crippen molar-refractivity contribution < 1.29 is 0 Å². The number of hydrogen-bond donors (Lipinski definition) is 2. The second kappa shape index (κ2) is 4.33. The first-order valence-corrected chi connectivity index (χ1v) is 5.72. The van der Waals surface area contributed by atoms with Crippen molar-refractivity contribution in [2.45, 2.75) is 32.2 Å². The Morgan fingerprint density at radius 1 is 1.27 bits per heavy atom. The van der Waals surface area contributed by atoms with Gasteiger partial charge in [0.05, 0.1) is 0 Å². The predicted molar refractivity (Wildman–Crippen MR) is 64.1 cm³/mol. The van der Waals surface area contributed by atoms with Gasteiger partial charge in [-0.25, -0.2) is 0 Å². The van der Waals surface area contributed by atoms with Crippen LogP contribution in [0.4, 0.5) is 0 Å². The molecule has 0 spiro atoms. The third kappa shape index (κ3) is 2.21. The number of piperidine rings is 1. The molecule has 1 aromatic rings. The first-order valence-electron chi connectivity index (χ1n) is 5.72. The summed E-state index contributed by atoms with van der Waals surface area (Å²) in [6.07, 6.45) is 1.08. The van der Waals surface area contributed by atoms with Crippen molar-refractivity contribution >= 4 is 0 Å². The molecule has 1 saturated heterocycles. The van der Waals surface area contributed by atoms with E-state index < -0.39 is 0 Å². The van der Waals surface area contributed by atoms with E-state index >= 15 is 0 Å². The number of nitrogens with one attached hydrogen (secondary N) is 1. The van der Waals surface area contributed by atoms with Gasteiger partial charge in [-0.05, 0) is 43.5 Å². The number of rotatable bonds is 1. The summed E-state index contributed by atoms with van der Waals surface area (Å²) in [7, 11) is 0. The van der Waals surface area contributed by atoms with Crippen LogP contribution in [0.25, 0.3) is 0 Å². The van der Waals surface area contributed by atoms with Crippen LogP contribution in [0.15, 0.2) is 18.2 Å². The minimum atomic E-state index is 0.313. The van der Waals surface area contributed by atoms with E-state index in [0.29, 0.717) is 12.0 Å². The summed E-state index contributed by atoms with van der Waals surface area (Å²) >= 11 is 0. The van der Waals surface area contributed by atoms with Gasteiger partial charge in [-0.15, -0.1) is 0 Å². The Bertz CT molecular complexity index is 346. The highest BCUT2D eigenvalue weighted by Gasteiger charge is 2.22. The summed E-state index contributed by atoms with van der Waals surface area (Å²) in [5.74, 6) is 0.484. The van der Waals surface area contributed by atoms with E-state index in [0.717, 1.165) is 19.5 Å². The molecular weight excluding hydrogens is 184 g/mol. The van der Waals surface area contributed by atoms with Gasteiger partial charge in [-0.2, -0.15) is 0 Å². The second-order valence-corrected chi connectivity index (χ2v) is 4.61. The van der Waals surface area contributed by atoms with Gasteiger partial charge in [0.15, 0.2) is 0 Å². The van der Waals surface area contributed by atoms with Crippen molar-refractivity contribution in [3.05, 3.63) is 34.9 Å². The molecule has 2 nitrogen and oxygen atoms in total. The molecule has 0 amide bonds. The summed E-state index contributed by atoms with van der Waals surface area (Å²) in [5.41, 5.74) is 10.3. The Balaban J connectivity index is 2.24. The molecule has 0 radical (unpaired) electrons. The molecule has 3 N–H and O–H groups in total. The van der Waals surface area contributed by atoms with Gasteiger partial charge in [0.25, 0.3) is 0 Å². The predicted octanol–water partition coefficient (Wildman–Crippen LogP) is 1.71. The summed E-state index contributed by atoms with van der Waals surface area (Å²) in [5, 5.41) is 3.42. The molecule has 1 aromatic carbocycles. The molecule has 1 heterocycles. The van der Waals surface area contributed by atoms with E-state index in [-0.39, 0.29) is 0 Å². The second-order valence-electron chi connectivity index (χ2n) is 4.61. The lowest BCUT2D eigenvalue weighted by atomic mass is 9.86. The third-order valence-corrected chi connectivity index (χ3v) is 3.49. The van der Waals surface area contributed by atoms with Crippen LogP contribution in [0.2, 0.25) is 0 Å². The first kappa shape index (κ1) is 10.7. The normalized spacial score (nSPS) is 26.6. The molecule has 2 atom stereocenters. The van der Waals surface area contributed by atoms with E-state index in [1.54, 1.807) is 0 Å². The van der Waals surface area contributed by atoms with Gasteiger partial charge < -0.3 is 11.1 Å². The summed E-state index contributed by atoms with van der Waals surface area (Å²) < 4.78 is 0. The molecule has 1 fully saturated rings. The van der Waals surface area contributed by atoms with Gasteiger partial charge in [0, 0.05) is 18.5 Å². The summed E-state index contributed by atoms with van der Waals surface area (Å²) in [6.45, 7) is 6.39. The number of benzene rings is 1. The van der Waals surface area contributed by atoms with Crippen LogP contribution >= 0.6 is 0 Å². The molecule has 1 aliphatic rings. The molecular formula is C13H20N2. The Kier molecular flexibility index (Phi) is 3.08. The molecule has 0 bridgehead atoms. The minimum absolute atomic E-state index is 0.313. The van der Waals surface area contributed by atoms with Crippen LogP contribution in [0.3, 0.4) is 0 Å². The zero-order valence-electron chi connectivity index (χ0n) is 9.59. The Labute approximate surface area is 91.9 Å². The zero-order valence-corrected chi connectivity index (χ0v) is 9.59. The van der Waals surface area contributed by atoms with E-state index in [1.807, 2.05) is 0 Å². The SMILES string of the molecule is Cc1ccc(C2CNCCC2N)cc1C. The average Bonchev–Trinajstić information content (AvgIpc) is 2.23. The maximum atomic E-state index is 6.16. The van der Waals surface area contributed by atoms with Crippen LogP contribution in [0.5, 0.6) is 0 Å². The van der Waals surface area contributed by atoms with Crippen LogP contribution < -0.4 is 11.1 Å². The Morgan fingerprint density at radius 3 is 2.73 bits per heavy atom. The van der Waals surface area contributed by atoms with E-state index in [4.69, 9.17) is 5.73 Å². The van der Waals surface area contributed by atoms with E-state index in [1.165, 1.54) is 16.7 Å². The third-order valence-electron chi connectivity index (χ3n) is 3.49. The molecule has 1 aliphatic heterocycles. The molecule has 0 aliphatic carbocycles. The molecule has 2 unspecified atom stereocenters. The van der Waals surface area contributed by atoms with E-state index in [9.17, 15) is 0 Å². The van der Waals surface area contributed by atoms with Crippen molar-refractivity contribution in [3.8, 4) is 0 Å². The number of aryl methyl sites for hydroxylation is 2. The van der Waals surface area contributed by atoms with Crippen LogP contribution in [-0.4, -0.2) is 19.1 Å². The number of nitrogens with two attached hydrogens (primary N) is 1. The first-order chi connectivity index (χ1) is 7.18. The van der Waals surface area contributed by atoms with Crippen LogP contribution in [0.1, 0.15) is 29.0 Å². The molecule has 2 heteroatoms. The average molecular weight is 204 g/mol. The van der Waals surface area contributed by atoms with Crippen molar-refractivity contribution in [2.24, 2.45) is 5.73 Å². The van der Waals surface area contributed by atoms with Gasteiger partial charge in [-0.3, -0.25) is 0 Å². The highest BCUT2D eigenvalue weighted by Crippen LogP contribution is 2.24. The molecule has 0 aromatic heterocycles. The fraction of sp³-hybridized carbons (Fsp3) is 0.538. The lowest BCUT2D eigenvalue weighted by molar-refractivity contribution is 0.403. The minimum Gasteiger partial charge on any atom is -0.327 e. The van der Waals surface area contributed by atoms with Gasteiger partial charge >= 0.3 is 0 Å². The molecule has 82 valence electrons. The van der Waals surface area contributed by atoms with Crippen LogP contribution in [0, 0.1) is 13.8 Å². The van der Waals surface area contributed by atoms with Gasteiger partial charge in [0.2, 0.25) is 0 Å². The highest BCUT2D eigenvalue weighted by atomic mass is 14.9. The maximum absolute atomic E-state index is 6.16. The standard InChI is InChI=1S/C13H20N2/c1-9-3-4-11(7-10(9)2)12-8-15-6-5-13(12)14/h3-4,7,12-13,15H,5-6,8,14H2,1-2H3. The van der Waals surface area contributed by atoms with Gasteiger partial charge in [0.1, 0.15) is 0 Å². The van der Waals surface area contributed by atoms with E-state index in [2.05, 4.69) is 37.4 Å². The Morgan fingerprint density at radius 2 is 2.07 bits per heavy atom. The van der Waals surface area contributed by atoms with Crippen molar-refractivity contribution in [2.75, 3.05) is 13.1 Å². The lowest BCUT2D eigenvalue weighted by Crippen LogP contribution is -2.43. The molecule has 0 saturated carbocycles. The summed E-state index contributed by atoms with van der Waals surface area (Å²) in [4.78, 5) is 0. The van der Waals surface area contributed by atoms with Gasteiger partial charge in [-0.1, -0.05) is 18.2 Å². The summed E-state index contributed by atoms with van der Waals surface area (Å²) in [6, 6.07) is 7.02. The Hall–Kier alpha value is -0.860. The van der Waals surface area contributed by atoms with Crippen molar-refractivity contribution in [3.63, 3.8) is 0 Å². The maximum Gasteiger partial charge on any atom is 0.0132 e.